The predicted molar refractivity (Wildman–Crippen MR) is 82.5 cm³/mol. The lowest BCUT2D eigenvalue weighted by molar-refractivity contribution is 0.0945. The fraction of sp³-hybridized carbons (Fsp3) is 0.375. The molecule has 1 aromatic heterocycles. The molecule has 1 heterocycles. The summed E-state index contributed by atoms with van der Waals surface area (Å²) in [4.78, 5) is 23.9. The van der Waals surface area contributed by atoms with Gasteiger partial charge < -0.3 is 19.2 Å². The van der Waals surface area contributed by atoms with E-state index in [0.29, 0.717) is 48.5 Å². The van der Waals surface area contributed by atoms with Crippen LogP contribution in [0.5, 0.6) is 5.75 Å². The van der Waals surface area contributed by atoms with E-state index in [4.69, 9.17) is 13.9 Å². The summed E-state index contributed by atoms with van der Waals surface area (Å²) in [7, 11) is 1.52. The standard InChI is InChI=1S/C16H19NO5/c1-3-21-8-4-7-17-16(19)13-10-15(18)22-14-9-11(20-2)5-6-12(13)14/h5-6,9-10H,3-4,7-8H2,1-2H3,(H,17,19). The van der Waals surface area contributed by atoms with Crippen LogP contribution in [0.4, 0.5) is 0 Å². The largest absolute Gasteiger partial charge is 0.497 e. The molecule has 2 rings (SSSR count). The fourth-order valence-corrected chi connectivity index (χ4v) is 2.07. The third kappa shape index (κ3) is 3.85. The van der Waals surface area contributed by atoms with Gasteiger partial charge >= 0.3 is 5.63 Å². The SMILES string of the molecule is CCOCCCNC(=O)c1cc(=O)oc2cc(OC)ccc12. The summed E-state index contributed by atoms with van der Waals surface area (Å²) < 4.78 is 15.4. The van der Waals surface area contributed by atoms with Crippen molar-refractivity contribution in [2.45, 2.75) is 13.3 Å². The van der Waals surface area contributed by atoms with E-state index in [-0.39, 0.29) is 5.91 Å². The summed E-state index contributed by atoms with van der Waals surface area (Å²) in [6.45, 7) is 3.64. The van der Waals surface area contributed by atoms with Gasteiger partial charge in [0.1, 0.15) is 11.3 Å². The monoisotopic (exact) mass is 305 g/mol. The van der Waals surface area contributed by atoms with Gasteiger partial charge in [0.05, 0.1) is 12.7 Å². The fourth-order valence-electron chi connectivity index (χ4n) is 2.07. The van der Waals surface area contributed by atoms with Crippen LogP contribution in [0.25, 0.3) is 11.0 Å². The van der Waals surface area contributed by atoms with Crippen molar-refractivity contribution in [1.82, 2.24) is 5.32 Å². The first-order chi connectivity index (χ1) is 10.7. The molecule has 1 N–H and O–H groups in total. The number of rotatable bonds is 7. The van der Waals surface area contributed by atoms with Crippen LogP contribution in [0.1, 0.15) is 23.7 Å². The highest BCUT2D eigenvalue weighted by molar-refractivity contribution is 6.05. The molecule has 6 heteroatoms. The molecule has 22 heavy (non-hydrogen) atoms. The molecule has 0 unspecified atom stereocenters. The zero-order valence-corrected chi connectivity index (χ0v) is 12.7. The quantitative estimate of drug-likeness (QED) is 0.625. The molecular weight excluding hydrogens is 286 g/mol. The van der Waals surface area contributed by atoms with Crippen molar-refractivity contribution in [2.24, 2.45) is 0 Å². The molecule has 0 saturated heterocycles. The molecule has 2 aromatic rings. The molecule has 6 nitrogen and oxygen atoms in total. The minimum Gasteiger partial charge on any atom is -0.497 e. The zero-order chi connectivity index (χ0) is 15.9. The molecule has 0 aliphatic carbocycles. The Balaban J connectivity index is 2.19. The third-order valence-corrected chi connectivity index (χ3v) is 3.15. The van der Waals surface area contributed by atoms with E-state index >= 15 is 0 Å². The van der Waals surface area contributed by atoms with Crippen LogP contribution < -0.4 is 15.7 Å². The number of methoxy groups -OCH3 is 1. The van der Waals surface area contributed by atoms with Crippen LogP contribution in [-0.2, 0) is 4.74 Å². The van der Waals surface area contributed by atoms with E-state index in [2.05, 4.69) is 5.32 Å². The van der Waals surface area contributed by atoms with Gasteiger partial charge in [-0.15, -0.1) is 0 Å². The van der Waals surface area contributed by atoms with E-state index in [0.717, 1.165) is 0 Å². The third-order valence-electron chi connectivity index (χ3n) is 3.15. The Morgan fingerprint density at radius 3 is 2.86 bits per heavy atom. The highest BCUT2D eigenvalue weighted by Gasteiger charge is 2.13. The number of fused-ring (bicyclic) bond motifs is 1. The minimum absolute atomic E-state index is 0.297. The van der Waals surface area contributed by atoms with Gasteiger partial charge in [0.25, 0.3) is 5.91 Å². The van der Waals surface area contributed by atoms with Gasteiger partial charge in [0.15, 0.2) is 0 Å². The molecule has 0 radical (unpaired) electrons. The van der Waals surface area contributed by atoms with E-state index in [1.54, 1.807) is 18.2 Å². The van der Waals surface area contributed by atoms with Crippen LogP contribution in [-0.4, -0.2) is 32.8 Å². The molecule has 118 valence electrons. The Labute approximate surface area is 128 Å². The van der Waals surface area contributed by atoms with E-state index in [9.17, 15) is 9.59 Å². The Morgan fingerprint density at radius 1 is 1.32 bits per heavy atom. The zero-order valence-electron chi connectivity index (χ0n) is 12.7. The predicted octanol–water partition coefficient (Wildman–Crippen LogP) is 1.96. The van der Waals surface area contributed by atoms with Gasteiger partial charge in [0.2, 0.25) is 0 Å². The number of benzene rings is 1. The summed E-state index contributed by atoms with van der Waals surface area (Å²) in [5.74, 6) is 0.254. The average molecular weight is 305 g/mol. The highest BCUT2D eigenvalue weighted by Crippen LogP contribution is 2.22. The number of nitrogens with one attached hydrogen (secondary N) is 1. The lowest BCUT2D eigenvalue weighted by atomic mass is 10.1. The van der Waals surface area contributed by atoms with Crippen molar-refractivity contribution in [3.05, 3.63) is 40.2 Å². The molecule has 1 amide bonds. The normalized spacial score (nSPS) is 10.6. The van der Waals surface area contributed by atoms with Crippen molar-refractivity contribution in [3.8, 4) is 5.75 Å². The smallest absolute Gasteiger partial charge is 0.337 e. The number of hydrogen-bond donors (Lipinski definition) is 1. The van der Waals surface area contributed by atoms with Crippen molar-refractivity contribution in [3.63, 3.8) is 0 Å². The topological polar surface area (TPSA) is 77.8 Å². The number of carbonyl (C=O) groups excluding carboxylic acids is 1. The summed E-state index contributed by atoms with van der Waals surface area (Å²) in [5.41, 5.74) is 0.0526. The van der Waals surface area contributed by atoms with Crippen LogP contribution in [0.3, 0.4) is 0 Å². The van der Waals surface area contributed by atoms with E-state index < -0.39 is 5.63 Å². The number of ether oxygens (including phenoxy) is 2. The Kier molecular flexibility index (Phi) is 5.55. The van der Waals surface area contributed by atoms with E-state index in [1.165, 1.54) is 13.2 Å². The Hall–Kier alpha value is -2.34. The number of carbonyl (C=O) groups is 1. The second-order valence-corrected chi connectivity index (χ2v) is 4.65. The maximum absolute atomic E-state index is 12.2. The Bertz CT molecular complexity index is 707. The molecule has 1 aromatic carbocycles. The van der Waals surface area contributed by atoms with Crippen LogP contribution in [0.2, 0.25) is 0 Å². The maximum atomic E-state index is 12.2. The molecular formula is C16H19NO5. The van der Waals surface area contributed by atoms with Gasteiger partial charge in [-0.3, -0.25) is 4.79 Å². The second-order valence-electron chi connectivity index (χ2n) is 4.65. The first-order valence-corrected chi connectivity index (χ1v) is 7.13. The molecule has 0 aliphatic heterocycles. The van der Waals surface area contributed by atoms with Crippen molar-refractivity contribution >= 4 is 16.9 Å². The van der Waals surface area contributed by atoms with Gasteiger partial charge in [-0.2, -0.15) is 0 Å². The van der Waals surface area contributed by atoms with Crippen molar-refractivity contribution < 1.29 is 18.7 Å². The van der Waals surface area contributed by atoms with Gasteiger partial charge in [-0.1, -0.05) is 0 Å². The van der Waals surface area contributed by atoms with Gasteiger partial charge in [-0.25, -0.2) is 4.79 Å². The summed E-state index contributed by atoms with van der Waals surface area (Å²) >= 11 is 0. The number of hydrogen-bond acceptors (Lipinski definition) is 5. The van der Waals surface area contributed by atoms with Gasteiger partial charge in [-0.05, 0) is 25.5 Å². The molecule has 0 atom stereocenters. The molecule has 0 bridgehead atoms. The molecule has 0 saturated carbocycles. The summed E-state index contributed by atoms with van der Waals surface area (Å²) in [6.07, 6.45) is 0.715. The molecule has 0 aliphatic rings. The second kappa shape index (κ2) is 7.61. The lowest BCUT2D eigenvalue weighted by Crippen LogP contribution is -2.26. The first-order valence-electron chi connectivity index (χ1n) is 7.13. The highest BCUT2D eigenvalue weighted by atomic mass is 16.5. The van der Waals surface area contributed by atoms with E-state index in [1.807, 2.05) is 6.92 Å². The van der Waals surface area contributed by atoms with Crippen LogP contribution in [0, 0.1) is 0 Å². The van der Waals surface area contributed by atoms with Crippen molar-refractivity contribution in [1.29, 1.82) is 0 Å². The van der Waals surface area contributed by atoms with Crippen LogP contribution in [0.15, 0.2) is 33.5 Å². The molecule has 0 spiro atoms. The van der Waals surface area contributed by atoms with Crippen LogP contribution >= 0.6 is 0 Å². The first kappa shape index (κ1) is 16.0. The van der Waals surface area contributed by atoms with Gasteiger partial charge in [0, 0.05) is 37.3 Å². The summed E-state index contributed by atoms with van der Waals surface area (Å²) in [6, 6.07) is 6.20. The number of amides is 1. The Morgan fingerprint density at radius 2 is 2.14 bits per heavy atom. The average Bonchev–Trinajstić information content (AvgIpc) is 2.52. The summed E-state index contributed by atoms with van der Waals surface area (Å²) in [5, 5.41) is 3.35. The lowest BCUT2D eigenvalue weighted by Gasteiger charge is -2.08. The maximum Gasteiger partial charge on any atom is 0.337 e. The van der Waals surface area contributed by atoms with Crippen molar-refractivity contribution in [2.75, 3.05) is 26.9 Å². The molecule has 0 fully saturated rings. The minimum atomic E-state index is -0.569.